The second-order valence-electron chi connectivity index (χ2n) is 7.71. The van der Waals surface area contributed by atoms with E-state index in [-0.39, 0.29) is 17.2 Å². The Morgan fingerprint density at radius 2 is 1.82 bits per heavy atom. The molecule has 1 saturated carbocycles. The van der Waals surface area contributed by atoms with Gasteiger partial charge in [-0.2, -0.15) is 5.26 Å². The molecule has 3 heteroatoms. The average molecular weight is 296 g/mol. The van der Waals surface area contributed by atoms with E-state index in [2.05, 4.69) is 51.1 Å². The Hall–Kier alpha value is -1.82. The van der Waals surface area contributed by atoms with Crippen molar-refractivity contribution in [3.63, 3.8) is 0 Å². The number of nitriles is 1. The number of hydrogen-bond acceptors (Lipinski definition) is 2. The SMILES string of the molecule is CC(C)(C)c1ccc([C@H]2C[C@]2(C#N)C(=O)N2CCCC2)cc1. The normalized spacial score (nSPS) is 27.5. The van der Waals surface area contributed by atoms with E-state index in [0.29, 0.717) is 6.42 Å². The second-order valence-corrected chi connectivity index (χ2v) is 7.71. The first-order chi connectivity index (χ1) is 10.4. The van der Waals surface area contributed by atoms with Gasteiger partial charge in [0, 0.05) is 19.0 Å². The molecular formula is C19H24N2O. The highest BCUT2D eigenvalue weighted by molar-refractivity contribution is 5.90. The van der Waals surface area contributed by atoms with E-state index in [0.717, 1.165) is 31.5 Å². The lowest BCUT2D eigenvalue weighted by molar-refractivity contribution is -0.134. The summed E-state index contributed by atoms with van der Waals surface area (Å²) in [6.07, 6.45) is 2.81. The molecule has 1 saturated heterocycles. The van der Waals surface area contributed by atoms with Crippen LogP contribution in [-0.2, 0) is 10.2 Å². The third-order valence-corrected chi connectivity index (χ3v) is 5.11. The van der Waals surface area contributed by atoms with Crippen LogP contribution in [0.1, 0.15) is 57.1 Å². The van der Waals surface area contributed by atoms with Crippen LogP contribution in [0.4, 0.5) is 0 Å². The summed E-state index contributed by atoms with van der Waals surface area (Å²) in [6, 6.07) is 10.8. The molecule has 0 N–H and O–H groups in total. The van der Waals surface area contributed by atoms with Gasteiger partial charge < -0.3 is 4.90 Å². The van der Waals surface area contributed by atoms with Crippen molar-refractivity contribution in [2.45, 2.75) is 51.4 Å². The number of benzene rings is 1. The van der Waals surface area contributed by atoms with Crippen LogP contribution >= 0.6 is 0 Å². The van der Waals surface area contributed by atoms with Crippen LogP contribution in [0.2, 0.25) is 0 Å². The number of hydrogen-bond donors (Lipinski definition) is 0. The topological polar surface area (TPSA) is 44.1 Å². The van der Waals surface area contributed by atoms with Crippen molar-refractivity contribution < 1.29 is 4.79 Å². The number of amides is 1. The van der Waals surface area contributed by atoms with Gasteiger partial charge in [-0.15, -0.1) is 0 Å². The van der Waals surface area contributed by atoms with Crippen molar-refractivity contribution in [2.24, 2.45) is 5.41 Å². The Morgan fingerprint density at radius 1 is 1.23 bits per heavy atom. The summed E-state index contributed by atoms with van der Waals surface area (Å²) in [7, 11) is 0. The molecule has 2 fully saturated rings. The summed E-state index contributed by atoms with van der Waals surface area (Å²) in [5, 5.41) is 9.61. The largest absolute Gasteiger partial charge is 0.341 e. The fraction of sp³-hybridized carbons (Fsp3) is 0.579. The van der Waals surface area contributed by atoms with Crippen molar-refractivity contribution >= 4 is 5.91 Å². The van der Waals surface area contributed by atoms with E-state index in [1.807, 2.05) is 4.90 Å². The molecule has 3 nitrogen and oxygen atoms in total. The van der Waals surface area contributed by atoms with Crippen LogP contribution in [-0.4, -0.2) is 23.9 Å². The van der Waals surface area contributed by atoms with Gasteiger partial charge in [0.1, 0.15) is 5.41 Å². The number of nitrogens with zero attached hydrogens (tertiary/aromatic N) is 2. The van der Waals surface area contributed by atoms with Gasteiger partial charge >= 0.3 is 0 Å². The Labute approximate surface area is 132 Å². The van der Waals surface area contributed by atoms with Gasteiger partial charge in [-0.1, -0.05) is 45.0 Å². The maximum absolute atomic E-state index is 12.7. The molecule has 0 spiro atoms. The summed E-state index contributed by atoms with van der Waals surface area (Å²) in [5.41, 5.74) is 1.74. The smallest absolute Gasteiger partial charge is 0.243 e. The van der Waals surface area contributed by atoms with E-state index < -0.39 is 5.41 Å². The molecule has 0 unspecified atom stereocenters. The lowest BCUT2D eigenvalue weighted by Crippen LogP contribution is -2.35. The highest BCUT2D eigenvalue weighted by Gasteiger charge is 2.62. The van der Waals surface area contributed by atoms with Gasteiger partial charge in [0.15, 0.2) is 0 Å². The van der Waals surface area contributed by atoms with Crippen LogP contribution in [0.15, 0.2) is 24.3 Å². The fourth-order valence-electron chi connectivity index (χ4n) is 3.49. The van der Waals surface area contributed by atoms with Crippen LogP contribution in [0, 0.1) is 16.7 Å². The fourth-order valence-corrected chi connectivity index (χ4v) is 3.49. The first kappa shape index (κ1) is 15.1. The van der Waals surface area contributed by atoms with Crippen molar-refractivity contribution in [3.05, 3.63) is 35.4 Å². The molecule has 1 amide bonds. The van der Waals surface area contributed by atoms with Crippen LogP contribution in [0.3, 0.4) is 0 Å². The molecule has 1 aliphatic heterocycles. The molecule has 1 heterocycles. The Kier molecular flexibility index (Phi) is 3.51. The first-order valence-corrected chi connectivity index (χ1v) is 8.19. The molecular weight excluding hydrogens is 272 g/mol. The number of carbonyl (C=O) groups excluding carboxylic acids is 1. The van der Waals surface area contributed by atoms with Crippen molar-refractivity contribution in [3.8, 4) is 6.07 Å². The number of carbonyl (C=O) groups is 1. The quantitative estimate of drug-likeness (QED) is 0.837. The van der Waals surface area contributed by atoms with Gasteiger partial charge in [-0.3, -0.25) is 4.79 Å². The molecule has 0 aromatic heterocycles. The molecule has 2 aliphatic rings. The minimum atomic E-state index is -0.798. The molecule has 2 atom stereocenters. The Bertz CT molecular complexity index is 614. The van der Waals surface area contributed by atoms with Crippen LogP contribution in [0.25, 0.3) is 0 Å². The monoisotopic (exact) mass is 296 g/mol. The molecule has 1 aliphatic carbocycles. The molecule has 0 bridgehead atoms. The van der Waals surface area contributed by atoms with Crippen molar-refractivity contribution in [1.82, 2.24) is 4.90 Å². The summed E-state index contributed by atoms with van der Waals surface area (Å²) in [6.45, 7) is 8.21. The molecule has 0 radical (unpaired) electrons. The summed E-state index contributed by atoms with van der Waals surface area (Å²) < 4.78 is 0. The summed E-state index contributed by atoms with van der Waals surface area (Å²) in [4.78, 5) is 14.6. The minimum Gasteiger partial charge on any atom is -0.341 e. The van der Waals surface area contributed by atoms with E-state index in [1.54, 1.807) is 0 Å². The second kappa shape index (κ2) is 5.12. The third-order valence-electron chi connectivity index (χ3n) is 5.11. The molecule has 22 heavy (non-hydrogen) atoms. The summed E-state index contributed by atoms with van der Waals surface area (Å²) in [5.74, 6) is 0.122. The standard InChI is InChI=1S/C19H24N2O/c1-18(2,3)15-8-6-14(7-9-15)16-12-19(16,13-20)17(22)21-10-4-5-11-21/h6-9,16H,4-5,10-12H2,1-3H3/t16-,19-/m1/s1. The zero-order valence-electron chi connectivity index (χ0n) is 13.7. The third kappa shape index (κ3) is 2.41. The predicted octanol–water partition coefficient (Wildman–Crippen LogP) is 3.60. The maximum atomic E-state index is 12.7. The zero-order valence-corrected chi connectivity index (χ0v) is 13.7. The maximum Gasteiger partial charge on any atom is 0.243 e. The predicted molar refractivity (Wildman–Crippen MR) is 86.4 cm³/mol. The van der Waals surface area contributed by atoms with Gasteiger partial charge in [0.05, 0.1) is 6.07 Å². The molecule has 3 rings (SSSR count). The van der Waals surface area contributed by atoms with Gasteiger partial charge in [0.25, 0.3) is 0 Å². The van der Waals surface area contributed by atoms with E-state index in [9.17, 15) is 10.1 Å². The van der Waals surface area contributed by atoms with Gasteiger partial charge in [0.2, 0.25) is 5.91 Å². The highest BCUT2D eigenvalue weighted by Crippen LogP contribution is 2.60. The number of rotatable bonds is 2. The lowest BCUT2D eigenvalue weighted by atomic mass is 9.86. The lowest BCUT2D eigenvalue weighted by Gasteiger charge is -2.20. The van der Waals surface area contributed by atoms with Crippen molar-refractivity contribution in [1.29, 1.82) is 5.26 Å². The first-order valence-electron chi connectivity index (χ1n) is 8.19. The molecule has 1 aromatic carbocycles. The zero-order chi connectivity index (χ0) is 16.0. The van der Waals surface area contributed by atoms with Crippen LogP contribution < -0.4 is 0 Å². The van der Waals surface area contributed by atoms with E-state index >= 15 is 0 Å². The van der Waals surface area contributed by atoms with Crippen molar-refractivity contribution in [2.75, 3.05) is 13.1 Å². The van der Waals surface area contributed by atoms with E-state index in [4.69, 9.17) is 0 Å². The minimum absolute atomic E-state index is 0.0531. The van der Waals surface area contributed by atoms with Gasteiger partial charge in [-0.25, -0.2) is 0 Å². The molecule has 1 aromatic rings. The molecule has 116 valence electrons. The highest BCUT2D eigenvalue weighted by atomic mass is 16.2. The Balaban J connectivity index is 1.79. The van der Waals surface area contributed by atoms with E-state index in [1.165, 1.54) is 5.56 Å². The average Bonchev–Trinajstić information content (AvgIpc) is 2.99. The Morgan fingerprint density at radius 3 is 2.32 bits per heavy atom. The summed E-state index contributed by atoms with van der Waals surface area (Å²) >= 11 is 0. The number of likely N-dealkylation sites (tertiary alicyclic amines) is 1. The van der Waals surface area contributed by atoms with Gasteiger partial charge in [-0.05, 0) is 35.8 Å². The van der Waals surface area contributed by atoms with Crippen LogP contribution in [0.5, 0.6) is 0 Å².